The van der Waals surface area contributed by atoms with Crippen molar-refractivity contribution in [3.05, 3.63) is 74.2 Å². The Morgan fingerprint density at radius 2 is 1.61 bits per heavy atom. The molecule has 2 aromatic carbocycles. The fourth-order valence-corrected chi connectivity index (χ4v) is 6.21. The normalized spacial score (nSPS) is 26.4. The summed E-state index contributed by atoms with van der Waals surface area (Å²) in [5, 5.41) is 5.31. The molecule has 2 amide bonds. The fraction of sp³-hybridized carbons (Fsp3) is 0.292. The van der Waals surface area contributed by atoms with Crippen molar-refractivity contribution in [2.45, 2.75) is 20.0 Å². The Hall–Kier alpha value is -2.25. The number of fused-ring (bicyclic) bond motifs is 5. The van der Waals surface area contributed by atoms with Gasteiger partial charge in [0.25, 0.3) is 11.8 Å². The maximum absolute atomic E-state index is 12.8. The van der Waals surface area contributed by atoms with Crippen LogP contribution in [0.5, 0.6) is 5.75 Å². The maximum Gasteiger partial charge on any atom is 0.254 e. The fourth-order valence-electron chi connectivity index (χ4n) is 4.76. The Balaban J connectivity index is 1.30. The molecule has 2 fully saturated rings. The van der Waals surface area contributed by atoms with Crippen LogP contribution in [-0.2, 0) is 16.2 Å². The number of benzene rings is 2. The first-order valence-electron chi connectivity index (χ1n) is 10.2. The van der Waals surface area contributed by atoms with Crippen LogP contribution in [0, 0.1) is 30.6 Å². The molecule has 2 aliphatic carbocycles. The number of rotatable bonds is 5. The number of hydrogen-bond acceptors (Lipinski definition) is 4. The van der Waals surface area contributed by atoms with Crippen molar-refractivity contribution in [2.24, 2.45) is 28.8 Å². The predicted octanol–water partition coefficient (Wildman–Crippen LogP) is 5.24. The van der Waals surface area contributed by atoms with Gasteiger partial charge < -0.3 is 4.74 Å². The van der Waals surface area contributed by atoms with E-state index in [4.69, 9.17) is 4.74 Å². The second-order valence-corrected chi connectivity index (χ2v) is 10.0. The second-order valence-electron chi connectivity index (χ2n) is 8.32. The lowest BCUT2D eigenvalue weighted by Crippen LogP contribution is -2.28. The van der Waals surface area contributed by atoms with Crippen molar-refractivity contribution in [1.82, 2.24) is 5.01 Å². The van der Waals surface area contributed by atoms with Crippen LogP contribution in [-0.4, -0.2) is 23.0 Å². The van der Waals surface area contributed by atoms with Crippen molar-refractivity contribution in [1.29, 1.82) is 0 Å². The topological polar surface area (TPSA) is 59.0 Å². The molecular formula is C24H20Br2N2O3. The summed E-state index contributed by atoms with van der Waals surface area (Å²) in [6.07, 6.45) is 6.61. The minimum Gasteiger partial charge on any atom is -0.487 e. The summed E-state index contributed by atoms with van der Waals surface area (Å²) in [6, 6.07) is 11.9. The number of carbonyl (C=O) groups excluding carboxylic acids is 2. The minimum absolute atomic E-state index is 0.180. The quantitative estimate of drug-likeness (QED) is 0.294. The van der Waals surface area contributed by atoms with Crippen molar-refractivity contribution in [3.8, 4) is 5.75 Å². The molecule has 5 nitrogen and oxygen atoms in total. The molecule has 1 heterocycles. The summed E-state index contributed by atoms with van der Waals surface area (Å²) in [5.41, 5.74) is 3.03. The van der Waals surface area contributed by atoms with Crippen LogP contribution in [0.4, 0.5) is 0 Å². The molecule has 0 aromatic heterocycles. The standard InChI is InChI=1S/C24H20Br2N2O3/c1-13-2-4-14(5-3-13)12-31-22-18(25)8-15(9-19(22)26)11-27-28-23(29)20-16-6-7-17(10-16)21(20)24(28)30/h2-9,11,16-17,20-21H,10,12H2,1H3/t16-,17-,20-,21+/m0/s1. The summed E-state index contributed by atoms with van der Waals surface area (Å²) in [7, 11) is 0. The van der Waals surface area contributed by atoms with Crippen molar-refractivity contribution >= 4 is 49.9 Å². The van der Waals surface area contributed by atoms with E-state index in [0.29, 0.717) is 12.4 Å². The number of amides is 2. The third kappa shape index (κ3) is 3.68. The summed E-state index contributed by atoms with van der Waals surface area (Å²) in [5.74, 6) is 0.202. The Labute approximate surface area is 197 Å². The Morgan fingerprint density at radius 1 is 1.03 bits per heavy atom. The summed E-state index contributed by atoms with van der Waals surface area (Å²) < 4.78 is 7.49. The Morgan fingerprint density at radius 3 is 2.19 bits per heavy atom. The smallest absolute Gasteiger partial charge is 0.254 e. The lowest BCUT2D eigenvalue weighted by Gasteiger charge is -2.13. The zero-order chi connectivity index (χ0) is 21.7. The Kier molecular flexibility index (Phi) is 5.34. The van der Waals surface area contributed by atoms with Gasteiger partial charge in [0, 0.05) is 0 Å². The lowest BCUT2D eigenvalue weighted by atomic mass is 9.85. The van der Waals surface area contributed by atoms with E-state index >= 15 is 0 Å². The number of imide groups is 1. The molecule has 158 valence electrons. The summed E-state index contributed by atoms with van der Waals surface area (Å²) in [6.45, 7) is 2.50. The third-order valence-electron chi connectivity index (χ3n) is 6.29. The average Bonchev–Trinajstić information content (AvgIpc) is 3.42. The highest BCUT2D eigenvalue weighted by Gasteiger charge is 2.59. The molecule has 0 unspecified atom stereocenters. The number of halogens is 2. The predicted molar refractivity (Wildman–Crippen MR) is 125 cm³/mol. The molecule has 7 heteroatoms. The number of hydrazone groups is 1. The van der Waals surface area contributed by atoms with Gasteiger partial charge in [-0.05, 0) is 80.3 Å². The SMILES string of the molecule is Cc1ccc(COc2c(Br)cc(C=NN3C(=O)[C@@H]4[C@H](C3=O)[C@H]3C=C[C@H]4C3)cc2Br)cc1. The van der Waals surface area contributed by atoms with Crippen LogP contribution in [0.3, 0.4) is 0 Å². The van der Waals surface area contributed by atoms with Gasteiger partial charge in [-0.25, -0.2) is 0 Å². The van der Waals surface area contributed by atoms with Crippen LogP contribution >= 0.6 is 31.9 Å². The molecule has 2 aromatic rings. The van der Waals surface area contributed by atoms with E-state index in [-0.39, 0.29) is 35.5 Å². The van der Waals surface area contributed by atoms with Crippen LogP contribution in [0.1, 0.15) is 23.1 Å². The molecule has 4 atom stereocenters. The highest BCUT2D eigenvalue weighted by molar-refractivity contribution is 9.11. The van der Waals surface area contributed by atoms with Gasteiger partial charge in [0.2, 0.25) is 0 Å². The van der Waals surface area contributed by atoms with E-state index < -0.39 is 0 Å². The first-order valence-corrected chi connectivity index (χ1v) is 11.8. The van der Waals surface area contributed by atoms with E-state index in [1.165, 1.54) is 5.56 Å². The highest BCUT2D eigenvalue weighted by atomic mass is 79.9. The zero-order valence-electron chi connectivity index (χ0n) is 16.8. The number of ether oxygens (including phenoxy) is 1. The second kappa shape index (κ2) is 8.02. The zero-order valence-corrected chi connectivity index (χ0v) is 20.0. The maximum atomic E-state index is 12.8. The number of nitrogens with zero attached hydrogens (tertiary/aromatic N) is 2. The van der Waals surface area contributed by atoms with E-state index in [0.717, 1.165) is 31.5 Å². The number of carbonyl (C=O) groups is 2. The van der Waals surface area contributed by atoms with Crippen LogP contribution < -0.4 is 4.74 Å². The van der Waals surface area contributed by atoms with E-state index in [1.54, 1.807) is 6.21 Å². The highest BCUT2D eigenvalue weighted by Crippen LogP contribution is 2.52. The van der Waals surface area contributed by atoms with Gasteiger partial charge in [0.1, 0.15) is 12.4 Å². The molecule has 3 aliphatic rings. The van der Waals surface area contributed by atoms with E-state index in [2.05, 4.69) is 68.2 Å². The molecule has 1 saturated heterocycles. The largest absolute Gasteiger partial charge is 0.487 e. The summed E-state index contributed by atoms with van der Waals surface area (Å²) >= 11 is 7.10. The number of aryl methyl sites for hydroxylation is 1. The van der Waals surface area contributed by atoms with Gasteiger partial charge in [-0.1, -0.05) is 42.0 Å². The molecule has 5 rings (SSSR count). The molecule has 0 N–H and O–H groups in total. The lowest BCUT2D eigenvalue weighted by molar-refractivity contribution is -0.140. The Bertz CT molecular complexity index is 1070. The van der Waals surface area contributed by atoms with Crippen LogP contribution in [0.2, 0.25) is 0 Å². The van der Waals surface area contributed by atoms with Crippen LogP contribution in [0.25, 0.3) is 0 Å². The van der Waals surface area contributed by atoms with Gasteiger partial charge in [-0.2, -0.15) is 10.1 Å². The van der Waals surface area contributed by atoms with Gasteiger partial charge >= 0.3 is 0 Å². The first kappa shape index (κ1) is 20.6. The molecule has 0 radical (unpaired) electrons. The van der Waals surface area contributed by atoms with Gasteiger partial charge in [0.15, 0.2) is 0 Å². The van der Waals surface area contributed by atoms with Crippen molar-refractivity contribution < 1.29 is 14.3 Å². The number of allylic oxidation sites excluding steroid dienone is 2. The van der Waals surface area contributed by atoms with E-state index in [9.17, 15) is 9.59 Å². The summed E-state index contributed by atoms with van der Waals surface area (Å²) in [4.78, 5) is 25.5. The molecule has 31 heavy (non-hydrogen) atoms. The molecule has 1 aliphatic heterocycles. The van der Waals surface area contributed by atoms with Crippen LogP contribution in [0.15, 0.2) is 62.6 Å². The first-order chi connectivity index (χ1) is 14.9. The van der Waals surface area contributed by atoms with Gasteiger partial charge in [-0.15, -0.1) is 0 Å². The molecular weight excluding hydrogens is 524 g/mol. The van der Waals surface area contributed by atoms with Gasteiger partial charge in [-0.3, -0.25) is 9.59 Å². The van der Waals surface area contributed by atoms with E-state index in [1.807, 2.05) is 24.3 Å². The minimum atomic E-state index is -0.240. The molecule has 1 saturated carbocycles. The molecule has 0 spiro atoms. The average molecular weight is 544 g/mol. The third-order valence-corrected chi connectivity index (χ3v) is 7.47. The number of hydrogen-bond donors (Lipinski definition) is 0. The van der Waals surface area contributed by atoms with Gasteiger partial charge in [0.05, 0.1) is 27.0 Å². The van der Waals surface area contributed by atoms with Crippen molar-refractivity contribution in [3.63, 3.8) is 0 Å². The molecule has 2 bridgehead atoms. The van der Waals surface area contributed by atoms with Crippen molar-refractivity contribution in [2.75, 3.05) is 0 Å². The monoisotopic (exact) mass is 542 g/mol.